The van der Waals surface area contributed by atoms with Gasteiger partial charge < -0.3 is 19.7 Å². The van der Waals surface area contributed by atoms with Gasteiger partial charge in [0, 0.05) is 10.7 Å². The topological polar surface area (TPSA) is 67.9 Å². The van der Waals surface area contributed by atoms with Crippen LogP contribution in [0.4, 0.5) is 11.4 Å². The number of amides is 2. The van der Waals surface area contributed by atoms with Crippen LogP contribution in [-0.2, 0) is 16.1 Å². The number of benzene rings is 3. The monoisotopic (exact) mass is 470 g/mol. The molecule has 2 amide bonds. The molecule has 3 aromatic rings. The lowest BCUT2D eigenvalue weighted by molar-refractivity contribution is -0.125. The highest BCUT2D eigenvalue weighted by molar-refractivity contribution is 6.35. The van der Waals surface area contributed by atoms with E-state index in [4.69, 9.17) is 32.7 Å². The first-order valence-corrected chi connectivity index (χ1v) is 10.7. The molecule has 0 radical (unpaired) electrons. The molecule has 1 N–H and O–H groups in total. The van der Waals surface area contributed by atoms with Crippen molar-refractivity contribution in [3.05, 3.63) is 82.3 Å². The molecular weight excluding hydrogens is 451 g/mol. The number of rotatable bonds is 6. The van der Waals surface area contributed by atoms with E-state index in [9.17, 15) is 9.59 Å². The van der Waals surface area contributed by atoms with E-state index in [1.165, 1.54) is 0 Å². The molecule has 1 aliphatic heterocycles. The molecule has 8 heteroatoms. The van der Waals surface area contributed by atoms with Gasteiger partial charge in [0.15, 0.2) is 12.7 Å². The Morgan fingerprint density at radius 3 is 2.62 bits per heavy atom. The summed E-state index contributed by atoms with van der Waals surface area (Å²) in [5, 5.41) is 3.58. The Morgan fingerprint density at radius 2 is 1.88 bits per heavy atom. The Hall–Kier alpha value is -3.22. The minimum Gasteiger partial charge on any atom is -0.482 e. The Kier molecular flexibility index (Phi) is 6.53. The fourth-order valence-electron chi connectivity index (χ4n) is 3.35. The lowest BCUT2D eigenvalue weighted by atomic mass is 10.1. The van der Waals surface area contributed by atoms with Gasteiger partial charge >= 0.3 is 0 Å². The molecule has 32 heavy (non-hydrogen) atoms. The van der Waals surface area contributed by atoms with Gasteiger partial charge in [-0.2, -0.15) is 0 Å². The average molecular weight is 471 g/mol. The van der Waals surface area contributed by atoms with Crippen LogP contribution in [0.3, 0.4) is 0 Å². The first kappa shape index (κ1) is 22.0. The van der Waals surface area contributed by atoms with E-state index in [0.717, 1.165) is 5.56 Å². The third-order valence-electron chi connectivity index (χ3n) is 4.89. The molecule has 0 spiro atoms. The molecule has 0 saturated heterocycles. The predicted octanol–water partition coefficient (Wildman–Crippen LogP) is 5.33. The summed E-state index contributed by atoms with van der Waals surface area (Å²) in [5.41, 5.74) is 2.10. The van der Waals surface area contributed by atoms with Crippen LogP contribution in [0.15, 0.2) is 66.7 Å². The highest BCUT2D eigenvalue weighted by Crippen LogP contribution is 2.37. The average Bonchev–Trinajstić information content (AvgIpc) is 2.77. The number of fused-ring (bicyclic) bond motifs is 1. The summed E-state index contributed by atoms with van der Waals surface area (Å²) >= 11 is 11.9. The summed E-state index contributed by atoms with van der Waals surface area (Å²) in [6.07, 6.45) is -0.593. The van der Waals surface area contributed by atoms with Crippen molar-refractivity contribution in [3.8, 4) is 11.5 Å². The van der Waals surface area contributed by atoms with Crippen LogP contribution < -0.4 is 19.7 Å². The predicted molar refractivity (Wildman–Crippen MR) is 125 cm³/mol. The van der Waals surface area contributed by atoms with Crippen LogP contribution in [0.1, 0.15) is 12.5 Å². The number of halogens is 2. The number of ether oxygens (including phenoxy) is 2. The second kappa shape index (κ2) is 9.51. The number of nitrogens with one attached hydrogen (secondary N) is 1. The number of hydrogen-bond donors (Lipinski definition) is 1. The lowest BCUT2D eigenvalue weighted by Crippen LogP contribution is -2.44. The molecule has 0 aromatic heterocycles. The van der Waals surface area contributed by atoms with Crippen LogP contribution in [0, 0.1) is 0 Å². The SMILES string of the molecule is CC1Oc2ccc(NC(=O)COc3ccc(Cl)cc3Cl)cc2N(Cc2ccccc2)C1=O. The molecule has 0 fully saturated rings. The second-order valence-corrected chi connectivity index (χ2v) is 8.11. The normalized spacial score (nSPS) is 15.0. The van der Waals surface area contributed by atoms with Gasteiger partial charge in [-0.1, -0.05) is 53.5 Å². The van der Waals surface area contributed by atoms with E-state index >= 15 is 0 Å². The van der Waals surface area contributed by atoms with Crippen LogP contribution in [0.5, 0.6) is 11.5 Å². The molecule has 1 atom stereocenters. The largest absolute Gasteiger partial charge is 0.482 e. The fourth-order valence-corrected chi connectivity index (χ4v) is 3.81. The molecule has 1 unspecified atom stereocenters. The number of nitrogens with zero attached hydrogens (tertiary/aromatic N) is 1. The van der Waals surface area contributed by atoms with Crippen molar-refractivity contribution in [3.63, 3.8) is 0 Å². The van der Waals surface area contributed by atoms with Crippen LogP contribution in [-0.4, -0.2) is 24.5 Å². The summed E-state index contributed by atoms with van der Waals surface area (Å²) in [6.45, 7) is 1.88. The van der Waals surface area contributed by atoms with Crippen molar-refractivity contribution in [2.24, 2.45) is 0 Å². The zero-order chi connectivity index (χ0) is 22.7. The first-order chi connectivity index (χ1) is 15.4. The zero-order valence-electron chi connectivity index (χ0n) is 17.2. The molecule has 3 aromatic carbocycles. The van der Waals surface area contributed by atoms with Gasteiger partial charge in [-0.05, 0) is 48.9 Å². The van der Waals surface area contributed by atoms with Gasteiger partial charge in [-0.25, -0.2) is 0 Å². The smallest absolute Gasteiger partial charge is 0.268 e. The number of hydrogen-bond acceptors (Lipinski definition) is 4. The summed E-state index contributed by atoms with van der Waals surface area (Å²) in [7, 11) is 0. The Morgan fingerprint density at radius 1 is 1.09 bits per heavy atom. The Balaban J connectivity index is 1.49. The maximum Gasteiger partial charge on any atom is 0.268 e. The molecule has 6 nitrogen and oxygen atoms in total. The molecule has 4 rings (SSSR count). The standard InChI is InChI=1S/C24H20Cl2N2O4/c1-15-24(30)28(13-16-5-3-2-4-6-16)20-12-18(8-10-22(20)32-15)27-23(29)14-31-21-9-7-17(25)11-19(21)26/h2-12,15H,13-14H2,1H3,(H,27,29). The van der Waals surface area contributed by atoms with Gasteiger partial charge in [-0.3, -0.25) is 9.59 Å². The van der Waals surface area contributed by atoms with Crippen molar-refractivity contribution in [2.75, 3.05) is 16.8 Å². The van der Waals surface area contributed by atoms with Crippen LogP contribution >= 0.6 is 23.2 Å². The number of anilines is 2. The lowest BCUT2D eigenvalue weighted by Gasteiger charge is -2.33. The number of carbonyl (C=O) groups excluding carboxylic acids is 2. The Labute approximate surface area is 195 Å². The van der Waals surface area contributed by atoms with E-state index in [1.54, 1.807) is 48.2 Å². The third-order valence-corrected chi connectivity index (χ3v) is 5.42. The van der Waals surface area contributed by atoms with Crippen LogP contribution in [0.25, 0.3) is 0 Å². The maximum atomic E-state index is 12.8. The highest BCUT2D eigenvalue weighted by atomic mass is 35.5. The molecule has 0 saturated carbocycles. The van der Waals surface area contributed by atoms with E-state index in [1.807, 2.05) is 30.3 Å². The fraction of sp³-hybridized carbons (Fsp3) is 0.167. The maximum absolute atomic E-state index is 12.8. The van der Waals surface area contributed by atoms with E-state index in [0.29, 0.717) is 39.5 Å². The van der Waals surface area contributed by atoms with Crippen LogP contribution in [0.2, 0.25) is 10.0 Å². The van der Waals surface area contributed by atoms with Gasteiger partial charge in [-0.15, -0.1) is 0 Å². The second-order valence-electron chi connectivity index (χ2n) is 7.26. The van der Waals surface area contributed by atoms with Gasteiger partial charge in [0.1, 0.15) is 11.5 Å². The molecule has 1 heterocycles. The highest BCUT2D eigenvalue weighted by Gasteiger charge is 2.31. The molecule has 1 aliphatic rings. The molecule has 0 aliphatic carbocycles. The van der Waals surface area contributed by atoms with Gasteiger partial charge in [0.25, 0.3) is 11.8 Å². The summed E-state index contributed by atoms with van der Waals surface area (Å²) in [6, 6.07) is 19.6. The third kappa shape index (κ3) is 4.98. The van der Waals surface area contributed by atoms with E-state index in [-0.39, 0.29) is 18.4 Å². The summed E-state index contributed by atoms with van der Waals surface area (Å²) in [4.78, 5) is 26.9. The van der Waals surface area contributed by atoms with Crippen molar-refractivity contribution >= 4 is 46.4 Å². The molecular formula is C24H20Cl2N2O4. The summed E-state index contributed by atoms with van der Waals surface area (Å²) in [5.74, 6) is 0.418. The van der Waals surface area contributed by atoms with Gasteiger partial charge in [0.05, 0.1) is 17.3 Å². The minimum atomic E-state index is -0.593. The summed E-state index contributed by atoms with van der Waals surface area (Å²) < 4.78 is 11.2. The van der Waals surface area contributed by atoms with E-state index < -0.39 is 6.10 Å². The molecule has 0 bridgehead atoms. The molecule has 164 valence electrons. The van der Waals surface area contributed by atoms with Crippen molar-refractivity contribution in [1.29, 1.82) is 0 Å². The zero-order valence-corrected chi connectivity index (χ0v) is 18.7. The van der Waals surface area contributed by atoms with Crippen molar-refractivity contribution in [2.45, 2.75) is 19.6 Å². The number of carbonyl (C=O) groups is 2. The van der Waals surface area contributed by atoms with Gasteiger partial charge in [0.2, 0.25) is 0 Å². The Bertz CT molecular complexity index is 1150. The quantitative estimate of drug-likeness (QED) is 0.528. The van der Waals surface area contributed by atoms with Crippen molar-refractivity contribution in [1.82, 2.24) is 0 Å². The van der Waals surface area contributed by atoms with Crippen molar-refractivity contribution < 1.29 is 19.1 Å². The van der Waals surface area contributed by atoms with E-state index in [2.05, 4.69) is 5.32 Å². The minimum absolute atomic E-state index is 0.148. The first-order valence-electron chi connectivity index (χ1n) is 9.94.